The van der Waals surface area contributed by atoms with Crippen molar-refractivity contribution in [3.63, 3.8) is 0 Å². The van der Waals surface area contributed by atoms with Gasteiger partial charge in [0.25, 0.3) is 0 Å². The van der Waals surface area contributed by atoms with Crippen LogP contribution in [-0.2, 0) is 6.54 Å². The molecule has 2 aliphatic rings. The summed E-state index contributed by atoms with van der Waals surface area (Å²) in [5.41, 5.74) is 1.31. The number of hydrogen-bond acceptors (Lipinski definition) is 3. The third-order valence-electron chi connectivity index (χ3n) is 5.22. The average Bonchev–Trinajstić information content (AvgIpc) is 2.90. The first-order valence-electron chi connectivity index (χ1n) is 8.74. The van der Waals surface area contributed by atoms with E-state index in [2.05, 4.69) is 41.2 Å². The smallest absolute Gasteiger partial charge is 0.318 e. The lowest BCUT2D eigenvalue weighted by atomic mass is 10.0. The van der Waals surface area contributed by atoms with Gasteiger partial charge in [-0.3, -0.25) is 9.88 Å². The maximum absolute atomic E-state index is 12.5. The topological polar surface area (TPSA) is 48.5 Å². The Morgan fingerprint density at radius 2 is 1.96 bits per heavy atom. The quantitative estimate of drug-likeness (QED) is 0.932. The van der Waals surface area contributed by atoms with E-state index >= 15 is 0 Å². The number of likely N-dealkylation sites (tertiary alicyclic amines) is 2. The fraction of sp³-hybridized carbons (Fsp3) is 0.667. The largest absolute Gasteiger partial charge is 0.335 e. The molecule has 0 atom stereocenters. The molecule has 0 aliphatic carbocycles. The second kappa shape index (κ2) is 6.87. The molecule has 2 saturated heterocycles. The van der Waals surface area contributed by atoms with Gasteiger partial charge in [-0.15, -0.1) is 0 Å². The number of nitrogens with zero attached hydrogens (tertiary/aromatic N) is 3. The van der Waals surface area contributed by atoms with Crippen LogP contribution in [0.3, 0.4) is 0 Å². The number of carbonyl (C=O) groups excluding carboxylic acids is 1. The van der Waals surface area contributed by atoms with Gasteiger partial charge in [-0.2, -0.15) is 0 Å². The molecule has 2 amide bonds. The number of urea groups is 1. The maximum atomic E-state index is 12.5. The Bertz CT molecular complexity index is 523. The summed E-state index contributed by atoms with van der Waals surface area (Å²) in [6.07, 6.45) is 7.98. The predicted octanol–water partition coefficient (Wildman–Crippen LogP) is 2.63. The van der Waals surface area contributed by atoms with E-state index in [1.165, 1.54) is 5.56 Å². The van der Waals surface area contributed by atoms with Crippen LogP contribution < -0.4 is 5.32 Å². The van der Waals surface area contributed by atoms with Gasteiger partial charge in [-0.25, -0.2) is 4.79 Å². The molecule has 3 heterocycles. The first-order chi connectivity index (χ1) is 11.0. The Labute approximate surface area is 139 Å². The molecule has 126 valence electrons. The minimum Gasteiger partial charge on any atom is -0.335 e. The Hall–Kier alpha value is -1.62. The van der Waals surface area contributed by atoms with Crippen LogP contribution >= 0.6 is 0 Å². The average molecular weight is 316 g/mol. The minimum atomic E-state index is 0.00608. The maximum Gasteiger partial charge on any atom is 0.318 e. The van der Waals surface area contributed by atoms with Crippen molar-refractivity contribution in [1.82, 2.24) is 20.1 Å². The van der Waals surface area contributed by atoms with Gasteiger partial charge in [0.2, 0.25) is 0 Å². The summed E-state index contributed by atoms with van der Waals surface area (Å²) in [5.74, 6) is 0. The van der Waals surface area contributed by atoms with E-state index in [9.17, 15) is 4.79 Å². The summed E-state index contributed by atoms with van der Waals surface area (Å²) in [6, 6.07) is 4.58. The molecule has 2 fully saturated rings. The summed E-state index contributed by atoms with van der Waals surface area (Å²) in [6.45, 7) is 8.27. The van der Waals surface area contributed by atoms with Gasteiger partial charge in [-0.1, -0.05) is 0 Å². The van der Waals surface area contributed by atoms with Crippen molar-refractivity contribution in [3.05, 3.63) is 30.1 Å². The number of hydrogen-bond donors (Lipinski definition) is 1. The van der Waals surface area contributed by atoms with E-state index in [0.717, 1.165) is 51.9 Å². The fourth-order valence-electron chi connectivity index (χ4n) is 3.72. The lowest BCUT2D eigenvalue weighted by molar-refractivity contribution is 0.148. The molecule has 0 saturated carbocycles. The zero-order chi connectivity index (χ0) is 16.3. The summed E-state index contributed by atoms with van der Waals surface area (Å²) in [5, 5.41) is 3.25. The standard InChI is InChI=1S/C18H28N4O/c1-18(2)8-3-11-22(18)17(23)20-16-6-12-21(13-7-16)14-15-4-9-19-10-5-15/h4-5,9-10,16H,3,6-8,11-14H2,1-2H3,(H,20,23). The number of aromatic nitrogens is 1. The first kappa shape index (κ1) is 16.2. The Morgan fingerprint density at radius 1 is 1.26 bits per heavy atom. The van der Waals surface area contributed by atoms with Crippen LogP contribution in [-0.4, -0.2) is 52.0 Å². The first-order valence-corrected chi connectivity index (χ1v) is 8.74. The Kier molecular flexibility index (Phi) is 4.85. The Balaban J connectivity index is 1.45. The van der Waals surface area contributed by atoms with Gasteiger partial charge in [0.1, 0.15) is 0 Å². The summed E-state index contributed by atoms with van der Waals surface area (Å²) in [7, 11) is 0. The SMILES string of the molecule is CC1(C)CCCN1C(=O)NC1CCN(Cc2ccncc2)CC1. The van der Waals surface area contributed by atoms with Gasteiger partial charge in [0.05, 0.1) is 0 Å². The number of carbonyl (C=O) groups is 1. The number of nitrogens with one attached hydrogen (secondary N) is 1. The molecule has 0 spiro atoms. The molecule has 5 nitrogen and oxygen atoms in total. The third-order valence-corrected chi connectivity index (χ3v) is 5.22. The van der Waals surface area contributed by atoms with E-state index < -0.39 is 0 Å². The van der Waals surface area contributed by atoms with Crippen molar-refractivity contribution < 1.29 is 4.79 Å². The number of pyridine rings is 1. The highest BCUT2D eigenvalue weighted by atomic mass is 16.2. The minimum absolute atomic E-state index is 0.00608. The molecule has 3 rings (SSSR count). The molecule has 23 heavy (non-hydrogen) atoms. The molecule has 1 N–H and O–H groups in total. The normalized spacial score (nSPS) is 22.3. The number of piperidine rings is 1. The molecular weight excluding hydrogens is 288 g/mol. The van der Waals surface area contributed by atoms with Gasteiger partial charge >= 0.3 is 6.03 Å². The van der Waals surface area contributed by atoms with Crippen LogP contribution in [0.1, 0.15) is 45.1 Å². The van der Waals surface area contributed by atoms with Crippen LogP contribution in [0.4, 0.5) is 4.79 Å². The predicted molar refractivity (Wildman–Crippen MR) is 91.1 cm³/mol. The highest BCUT2D eigenvalue weighted by molar-refractivity contribution is 5.75. The van der Waals surface area contributed by atoms with E-state index in [-0.39, 0.29) is 11.6 Å². The van der Waals surface area contributed by atoms with Crippen LogP contribution in [0, 0.1) is 0 Å². The molecule has 0 radical (unpaired) electrons. The van der Waals surface area contributed by atoms with Crippen molar-refractivity contribution in [2.45, 2.75) is 57.7 Å². The number of amides is 2. The number of rotatable bonds is 3. The van der Waals surface area contributed by atoms with Gasteiger partial charge < -0.3 is 10.2 Å². The molecule has 5 heteroatoms. The lowest BCUT2D eigenvalue weighted by Crippen LogP contribution is -2.52. The van der Waals surface area contributed by atoms with E-state index in [0.29, 0.717) is 6.04 Å². The van der Waals surface area contributed by atoms with Gasteiger partial charge in [-0.05, 0) is 57.2 Å². The Morgan fingerprint density at radius 3 is 2.57 bits per heavy atom. The molecule has 2 aliphatic heterocycles. The summed E-state index contributed by atoms with van der Waals surface area (Å²) in [4.78, 5) is 21.0. The molecule has 0 unspecified atom stereocenters. The second-order valence-corrected chi connectivity index (χ2v) is 7.42. The van der Waals surface area contributed by atoms with Crippen LogP contribution in [0.25, 0.3) is 0 Å². The zero-order valence-electron chi connectivity index (χ0n) is 14.3. The lowest BCUT2D eigenvalue weighted by Gasteiger charge is -2.36. The summed E-state index contributed by atoms with van der Waals surface area (Å²) < 4.78 is 0. The van der Waals surface area contributed by atoms with E-state index in [4.69, 9.17) is 0 Å². The van der Waals surface area contributed by atoms with Crippen molar-refractivity contribution in [1.29, 1.82) is 0 Å². The fourth-order valence-corrected chi connectivity index (χ4v) is 3.72. The molecule has 0 aromatic carbocycles. The van der Waals surface area contributed by atoms with Crippen molar-refractivity contribution in [2.75, 3.05) is 19.6 Å². The molecule has 0 bridgehead atoms. The summed E-state index contributed by atoms with van der Waals surface area (Å²) >= 11 is 0. The highest BCUT2D eigenvalue weighted by Gasteiger charge is 2.36. The van der Waals surface area contributed by atoms with Crippen LogP contribution in [0.15, 0.2) is 24.5 Å². The monoisotopic (exact) mass is 316 g/mol. The highest BCUT2D eigenvalue weighted by Crippen LogP contribution is 2.28. The molecule has 1 aromatic rings. The van der Waals surface area contributed by atoms with Gasteiger partial charge in [0, 0.05) is 50.2 Å². The van der Waals surface area contributed by atoms with E-state index in [1.807, 2.05) is 17.3 Å². The van der Waals surface area contributed by atoms with Crippen molar-refractivity contribution in [3.8, 4) is 0 Å². The van der Waals surface area contributed by atoms with Crippen LogP contribution in [0.2, 0.25) is 0 Å². The second-order valence-electron chi connectivity index (χ2n) is 7.42. The van der Waals surface area contributed by atoms with E-state index in [1.54, 1.807) is 0 Å². The zero-order valence-corrected chi connectivity index (χ0v) is 14.3. The van der Waals surface area contributed by atoms with Gasteiger partial charge in [0.15, 0.2) is 0 Å². The molecular formula is C18H28N4O. The molecule has 1 aromatic heterocycles. The van der Waals surface area contributed by atoms with Crippen molar-refractivity contribution >= 4 is 6.03 Å². The third kappa shape index (κ3) is 4.02. The van der Waals surface area contributed by atoms with Crippen LogP contribution in [0.5, 0.6) is 0 Å². The van der Waals surface area contributed by atoms with Crippen molar-refractivity contribution in [2.24, 2.45) is 0 Å².